The number of nitrogens with zero attached hydrogens (tertiary/aromatic N) is 1. The predicted octanol–water partition coefficient (Wildman–Crippen LogP) is 2.78. The van der Waals surface area contributed by atoms with Gasteiger partial charge in [-0.25, -0.2) is 0 Å². The molecule has 0 unspecified atom stereocenters. The Balaban J connectivity index is 1.99. The number of methoxy groups -OCH3 is 1. The van der Waals surface area contributed by atoms with Gasteiger partial charge in [0, 0.05) is 12.1 Å². The standard InChI is InChI=1S/C16H23NO3/c1-11(2)17(13-6-7-13)16(18)10-20-14-8-5-12(3)9-15(14)19-4/h5,8-9,11,13H,6-7,10H2,1-4H3. The zero-order chi connectivity index (χ0) is 14.7. The second kappa shape index (κ2) is 6.16. The number of carbonyl (C=O) groups is 1. The minimum absolute atomic E-state index is 0.0464. The van der Waals surface area contributed by atoms with E-state index in [9.17, 15) is 4.79 Å². The van der Waals surface area contributed by atoms with Gasteiger partial charge in [-0.15, -0.1) is 0 Å². The number of rotatable bonds is 6. The molecule has 1 aromatic rings. The maximum atomic E-state index is 12.3. The molecule has 0 heterocycles. The molecule has 0 aliphatic heterocycles. The smallest absolute Gasteiger partial charge is 0.260 e. The molecule has 1 aliphatic carbocycles. The van der Waals surface area contributed by atoms with Gasteiger partial charge in [0.25, 0.3) is 5.91 Å². The van der Waals surface area contributed by atoms with Gasteiger partial charge in [-0.1, -0.05) is 6.07 Å². The van der Waals surface area contributed by atoms with Gasteiger partial charge < -0.3 is 14.4 Å². The third kappa shape index (κ3) is 3.44. The van der Waals surface area contributed by atoms with Gasteiger partial charge >= 0.3 is 0 Å². The van der Waals surface area contributed by atoms with Crippen molar-refractivity contribution in [2.75, 3.05) is 13.7 Å². The van der Waals surface area contributed by atoms with E-state index in [1.165, 1.54) is 0 Å². The Bertz CT molecular complexity index is 479. The topological polar surface area (TPSA) is 38.8 Å². The monoisotopic (exact) mass is 277 g/mol. The fourth-order valence-electron chi connectivity index (χ4n) is 2.37. The quantitative estimate of drug-likeness (QED) is 0.802. The third-order valence-electron chi connectivity index (χ3n) is 3.45. The van der Waals surface area contributed by atoms with Crippen molar-refractivity contribution >= 4 is 5.91 Å². The molecule has 0 spiro atoms. The third-order valence-corrected chi connectivity index (χ3v) is 3.45. The molecule has 0 atom stereocenters. The minimum Gasteiger partial charge on any atom is -0.493 e. The Morgan fingerprint density at radius 3 is 2.60 bits per heavy atom. The van der Waals surface area contributed by atoms with Crippen molar-refractivity contribution in [3.05, 3.63) is 23.8 Å². The summed E-state index contributed by atoms with van der Waals surface area (Å²) in [6.45, 7) is 6.14. The lowest BCUT2D eigenvalue weighted by Gasteiger charge is -2.26. The highest BCUT2D eigenvalue weighted by Crippen LogP contribution is 2.30. The molecule has 0 bridgehead atoms. The molecule has 0 N–H and O–H groups in total. The summed E-state index contributed by atoms with van der Waals surface area (Å²) in [5.74, 6) is 1.33. The lowest BCUT2D eigenvalue weighted by Crippen LogP contribution is -2.41. The van der Waals surface area contributed by atoms with Crippen molar-refractivity contribution in [2.24, 2.45) is 0 Å². The molecule has 110 valence electrons. The van der Waals surface area contributed by atoms with Crippen LogP contribution in [0.2, 0.25) is 0 Å². The van der Waals surface area contributed by atoms with Gasteiger partial charge in [0.2, 0.25) is 0 Å². The van der Waals surface area contributed by atoms with Gasteiger partial charge in [0.1, 0.15) is 0 Å². The van der Waals surface area contributed by atoms with E-state index in [2.05, 4.69) is 0 Å². The minimum atomic E-state index is 0.0464. The van der Waals surface area contributed by atoms with Gasteiger partial charge in [0.05, 0.1) is 7.11 Å². The van der Waals surface area contributed by atoms with Crippen LogP contribution < -0.4 is 9.47 Å². The lowest BCUT2D eigenvalue weighted by atomic mass is 10.2. The first-order valence-electron chi connectivity index (χ1n) is 7.11. The lowest BCUT2D eigenvalue weighted by molar-refractivity contribution is -0.135. The van der Waals surface area contributed by atoms with Crippen molar-refractivity contribution in [1.29, 1.82) is 0 Å². The Morgan fingerprint density at radius 2 is 2.05 bits per heavy atom. The summed E-state index contributed by atoms with van der Waals surface area (Å²) in [5.41, 5.74) is 1.10. The number of hydrogen-bond acceptors (Lipinski definition) is 3. The van der Waals surface area contributed by atoms with Crippen LogP contribution in [0.1, 0.15) is 32.3 Å². The zero-order valence-corrected chi connectivity index (χ0v) is 12.7. The first-order valence-corrected chi connectivity index (χ1v) is 7.11. The summed E-state index contributed by atoms with van der Waals surface area (Å²) in [4.78, 5) is 14.2. The maximum Gasteiger partial charge on any atom is 0.260 e. The molecule has 0 aromatic heterocycles. The van der Waals surface area contributed by atoms with Gasteiger partial charge in [-0.2, -0.15) is 0 Å². The molecule has 1 aliphatic rings. The summed E-state index contributed by atoms with van der Waals surface area (Å²) >= 11 is 0. The number of amides is 1. The first kappa shape index (κ1) is 14.7. The van der Waals surface area contributed by atoms with E-state index in [1.54, 1.807) is 7.11 Å². The molecule has 1 aromatic carbocycles. The summed E-state index contributed by atoms with van der Waals surface area (Å²) in [7, 11) is 1.61. The van der Waals surface area contributed by atoms with Crippen LogP contribution >= 0.6 is 0 Å². The van der Waals surface area contributed by atoms with E-state index in [0.29, 0.717) is 17.5 Å². The molecule has 0 saturated heterocycles. The molecule has 0 radical (unpaired) electrons. The van der Waals surface area contributed by atoms with Crippen molar-refractivity contribution < 1.29 is 14.3 Å². The first-order chi connectivity index (χ1) is 9.52. The van der Waals surface area contributed by atoms with E-state index in [-0.39, 0.29) is 18.6 Å². The van der Waals surface area contributed by atoms with E-state index < -0.39 is 0 Å². The normalized spacial score (nSPS) is 14.2. The van der Waals surface area contributed by atoms with Crippen molar-refractivity contribution in [3.8, 4) is 11.5 Å². The molecular weight excluding hydrogens is 254 g/mol. The van der Waals surface area contributed by atoms with Crippen LogP contribution in [0.15, 0.2) is 18.2 Å². The van der Waals surface area contributed by atoms with E-state index in [1.807, 2.05) is 43.9 Å². The van der Waals surface area contributed by atoms with Crippen LogP contribution in [0, 0.1) is 6.92 Å². The summed E-state index contributed by atoms with van der Waals surface area (Å²) < 4.78 is 10.9. The molecule has 4 nitrogen and oxygen atoms in total. The van der Waals surface area contributed by atoms with Crippen LogP contribution in [0.25, 0.3) is 0 Å². The largest absolute Gasteiger partial charge is 0.493 e. The molecule has 4 heteroatoms. The molecule has 1 amide bonds. The van der Waals surface area contributed by atoms with Crippen LogP contribution in [-0.4, -0.2) is 36.6 Å². The van der Waals surface area contributed by atoms with Crippen molar-refractivity contribution in [2.45, 2.75) is 45.7 Å². The molecular formula is C16H23NO3. The summed E-state index contributed by atoms with van der Waals surface area (Å²) in [6.07, 6.45) is 2.22. The van der Waals surface area contributed by atoms with Crippen LogP contribution in [0.3, 0.4) is 0 Å². The summed E-state index contributed by atoms with van der Waals surface area (Å²) in [6, 6.07) is 6.33. The van der Waals surface area contributed by atoms with E-state index in [0.717, 1.165) is 18.4 Å². The maximum absolute atomic E-state index is 12.3. The highest BCUT2D eigenvalue weighted by Gasteiger charge is 2.34. The number of ether oxygens (including phenoxy) is 2. The van der Waals surface area contributed by atoms with Crippen molar-refractivity contribution in [3.63, 3.8) is 0 Å². The zero-order valence-electron chi connectivity index (χ0n) is 12.7. The fraction of sp³-hybridized carbons (Fsp3) is 0.562. The number of benzene rings is 1. The predicted molar refractivity (Wildman–Crippen MR) is 78.2 cm³/mol. The van der Waals surface area contributed by atoms with Crippen LogP contribution in [0.5, 0.6) is 11.5 Å². The number of carbonyl (C=O) groups excluding carboxylic acids is 1. The Kier molecular flexibility index (Phi) is 4.53. The average molecular weight is 277 g/mol. The van der Waals surface area contributed by atoms with Gasteiger partial charge in [-0.05, 0) is 51.3 Å². The van der Waals surface area contributed by atoms with Gasteiger partial charge in [-0.3, -0.25) is 4.79 Å². The number of aryl methyl sites for hydroxylation is 1. The van der Waals surface area contributed by atoms with Crippen molar-refractivity contribution in [1.82, 2.24) is 4.90 Å². The molecule has 2 rings (SSSR count). The fourth-order valence-corrected chi connectivity index (χ4v) is 2.37. The second-order valence-electron chi connectivity index (χ2n) is 5.57. The molecule has 1 saturated carbocycles. The molecule has 1 fully saturated rings. The van der Waals surface area contributed by atoms with E-state index in [4.69, 9.17) is 9.47 Å². The second-order valence-corrected chi connectivity index (χ2v) is 5.57. The van der Waals surface area contributed by atoms with E-state index >= 15 is 0 Å². The average Bonchev–Trinajstić information content (AvgIpc) is 3.21. The SMILES string of the molecule is COc1cc(C)ccc1OCC(=O)N(C(C)C)C1CC1. The van der Waals surface area contributed by atoms with Crippen LogP contribution in [0.4, 0.5) is 0 Å². The van der Waals surface area contributed by atoms with Crippen LogP contribution in [-0.2, 0) is 4.79 Å². The number of hydrogen-bond donors (Lipinski definition) is 0. The molecule has 20 heavy (non-hydrogen) atoms. The Labute approximate surface area is 120 Å². The Morgan fingerprint density at radius 1 is 1.35 bits per heavy atom. The summed E-state index contributed by atoms with van der Waals surface area (Å²) in [5, 5.41) is 0. The van der Waals surface area contributed by atoms with Gasteiger partial charge in [0.15, 0.2) is 18.1 Å². The highest BCUT2D eigenvalue weighted by molar-refractivity contribution is 5.78. The highest BCUT2D eigenvalue weighted by atomic mass is 16.5. The Hall–Kier alpha value is -1.71.